The molecular weight excluding hydrogens is 275 g/mol. The van der Waals surface area contributed by atoms with Gasteiger partial charge in [0.25, 0.3) is 5.91 Å². The molecule has 0 fully saturated rings. The molecule has 0 aliphatic carbocycles. The van der Waals surface area contributed by atoms with Crippen molar-refractivity contribution in [3.8, 4) is 5.75 Å². The number of benzene rings is 1. The molecule has 2 aromatic rings. The SMILES string of the molecule is CCNc1cncc(C(=O)Nc2ccc(F)cc2OC)n1. The van der Waals surface area contributed by atoms with E-state index in [1.807, 2.05) is 6.92 Å². The number of carbonyl (C=O) groups excluding carboxylic acids is 1. The van der Waals surface area contributed by atoms with Crippen molar-refractivity contribution in [2.24, 2.45) is 0 Å². The molecule has 1 aromatic heterocycles. The van der Waals surface area contributed by atoms with Gasteiger partial charge in [0.15, 0.2) is 0 Å². The molecule has 0 radical (unpaired) electrons. The summed E-state index contributed by atoms with van der Waals surface area (Å²) in [6.07, 6.45) is 2.88. The van der Waals surface area contributed by atoms with Gasteiger partial charge in [0, 0.05) is 12.6 Å². The van der Waals surface area contributed by atoms with Crippen molar-refractivity contribution in [1.29, 1.82) is 0 Å². The molecule has 0 atom stereocenters. The van der Waals surface area contributed by atoms with Crippen molar-refractivity contribution in [2.75, 3.05) is 24.3 Å². The van der Waals surface area contributed by atoms with E-state index < -0.39 is 11.7 Å². The van der Waals surface area contributed by atoms with Gasteiger partial charge >= 0.3 is 0 Å². The minimum absolute atomic E-state index is 0.153. The molecular formula is C14H15FN4O2. The summed E-state index contributed by atoms with van der Waals surface area (Å²) in [5.41, 5.74) is 0.513. The lowest BCUT2D eigenvalue weighted by molar-refractivity contribution is 0.102. The van der Waals surface area contributed by atoms with E-state index in [0.29, 0.717) is 18.1 Å². The Hall–Kier alpha value is -2.70. The predicted octanol–water partition coefficient (Wildman–Crippen LogP) is 2.31. The van der Waals surface area contributed by atoms with E-state index in [0.717, 1.165) is 0 Å². The van der Waals surface area contributed by atoms with Gasteiger partial charge in [-0.2, -0.15) is 0 Å². The highest BCUT2D eigenvalue weighted by atomic mass is 19.1. The number of hydrogen-bond donors (Lipinski definition) is 2. The number of ether oxygens (including phenoxy) is 1. The van der Waals surface area contributed by atoms with Gasteiger partial charge in [0.05, 0.1) is 25.2 Å². The number of aromatic nitrogens is 2. The highest BCUT2D eigenvalue weighted by Gasteiger charge is 2.12. The zero-order valence-electron chi connectivity index (χ0n) is 11.7. The first-order valence-corrected chi connectivity index (χ1v) is 6.35. The normalized spacial score (nSPS) is 10.0. The molecule has 0 bridgehead atoms. The Morgan fingerprint density at radius 3 is 2.90 bits per heavy atom. The number of hydrogen-bond acceptors (Lipinski definition) is 5. The van der Waals surface area contributed by atoms with E-state index in [2.05, 4.69) is 20.6 Å². The van der Waals surface area contributed by atoms with Crippen LogP contribution in [0.25, 0.3) is 0 Å². The lowest BCUT2D eigenvalue weighted by Gasteiger charge is -2.10. The van der Waals surface area contributed by atoms with Crippen LogP contribution in [0.2, 0.25) is 0 Å². The quantitative estimate of drug-likeness (QED) is 0.883. The lowest BCUT2D eigenvalue weighted by Crippen LogP contribution is -2.15. The first-order chi connectivity index (χ1) is 10.1. The van der Waals surface area contributed by atoms with Crippen LogP contribution in [0, 0.1) is 5.82 Å². The second-order valence-electron chi connectivity index (χ2n) is 4.12. The van der Waals surface area contributed by atoms with Gasteiger partial charge in [-0.1, -0.05) is 0 Å². The Labute approximate surface area is 121 Å². The van der Waals surface area contributed by atoms with Crippen molar-refractivity contribution in [3.05, 3.63) is 42.1 Å². The fourth-order valence-electron chi connectivity index (χ4n) is 1.70. The highest BCUT2D eigenvalue weighted by molar-refractivity contribution is 6.03. The first-order valence-electron chi connectivity index (χ1n) is 6.35. The summed E-state index contributed by atoms with van der Waals surface area (Å²) < 4.78 is 18.1. The largest absolute Gasteiger partial charge is 0.494 e. The molecule has 0 aliphatic heterocycles. The second-order valence-corrected chi connectivity index (χ2v) is 4.12. The number of nitrogens with one attached hydrogen (secondary N) is 2. The van der Waals surface area contributed by atoms with Crippen molar-refractivity contribution < 1.29 is 13.9 Å². The lowest BCUT2D eigenvalue weighted by atomic mass is 10.2. The minimum atomic E-state index is -0.452. The molecule has 1 amide bonds. The maximum absolute atomic E-state index is 13.1. The van der Waals surface area contributed by atoms with Crippen LogP contribution in [0.3, 0.4) is 0 Å². The van der Waals surface area contributed by atoms with Gasteiger partial charge in [-0.25, -0.2) is 9.37 Å². The van der Waals surface area contributed by atoms with Crippen LogP contribution in [-0.2, 0) is 0 Å². The Morgan fingerprint density at radius 1 is 1.38 bits per heavy atom. The number of anilines is 2. The second kappa shape index (κ2) is 6.65. The van der Waals surface area contributed by atoms with Gasteiger partial charge in [-0.3, -0.25) is 9.78 Å². The molecule has 0 spiro atoms. The number of halogens is 1. The standard InChI is InChI=1S/C14H15FN4O2/c1-3-17-13-8-16-7-11(18-13)14(20)19-10-5-4-9(15)6-12(10)21-2/h4-8H,3H2,1-2H3,(H,17,18)(H,19,20). The molecule has 1 heterocycles. The first kappa shape index (κ1) is 14.7. The average Bonchev–Trinajstić information content (AvgIpc) is 2.49. The number of nitrogens with zero attached hydrogens (tertiary/aromatic N) is 2. The Kier molecular flexibility index (Phi) is 4.65. The summed E-state index contributed by atoms with van der Waals surface area (Å²) in [4.78, 5) is 20.2. The third-order valence-electron chi connectivity index (χ3n) is 2.64. The van der Waals surface area contributed by atoms with Crippen LogP contribution >= 0.6 is 0 Å². The molecule has 1 aromatic carbocycles. The number of carbonyl (C=O) groups is 1. The Morgan fingerprint density at radius 2 is 2.19 bits per heavy atom. The molecule has 110 valence electrons. The molecule has 6 nitrogen and oxygen atoms in total. The molecule has 0 saturated carbocycles. The molecule has 2 N–H and O–H groups in total. The number of rotatable bonds is 5. The molecule has 0 saturated heterocycles. The topological polar surface area (TPSA) is 76.1 Å². The fraction of sp³-hybridized carbons (Fsp3) is 0.214. The van der Waals surface area contributed by atoms with E-state index in [1.165, 1.54) is 37.7 Å². The molecule has 0 aliphatic rings. The van der Waals surface area contributed by atoms with Crippen molar-refractivity contribution in [1.82, 2.24) is 9.97 Å². The minimum Gasteiger partial charge on any atom is -0.494 e. The number of amides is 1. The van der Waals surface area contributed by atoms with Crippen LogP contribution in [-0.4, -0.2) is 29.5 Å². The van der Waals surface area contributed by atoms with Crippen LogP contribution in [0.4, 0.5) is 15.9 Å². The van der Waals surface area contributed by atoms with Gasteiger partial charge in [0.2, 0.25) is 0 Å². The third kappa shape index (κ3) is 3.65. The van der Waals surface area contributed by atoms with Gasteiger partial charge < -0.3 is 15.4 Å². The summed E-state index contributed by atoms with van der Waals surface area (Å²) in [5, 5.41) is 5.58. The Balaban J connectivity index is 2.20. The van der Waals surface area contributed by atoms with E-state index in [9.17, 15) is 9.18 Å². The third-order valence-corrected chi connectivity index (χ3v) is 2.64. The van der Waals surface area contributed by atoms with E-state index in [-0.39, 0.29) is 11.4 Å². The average molecular weight is 290 g/mol. The van der Waals surface area contributed by atoms with E-state index >= 15 is 0 Å². The summed E-state index contributed by atoms with van der Waals surface area (Å²) in [5.74, 6) is -0.152. The zero-order valence-corrected chi connectivity index (χ0v) is 11.7. The monoisotopic (exact) mass is 290 g/mol. The Bertz CT molecular complexity index is 649. The predicted molar refractivity (Wildman–Crippen MR) is 77.1 cm³/mol. The molecule has 21 heavy (non-hydrogen) atoms. The maximum atomic E-state index is 13.1. The number of methoxy groups -OCH3 is 1. The van der Waals surface area contributed by atoms with Gasteiger partial charge in [-0.05, 0) is 19.1 Å². The molecule has 2 rings (SSSR count). The fourth-order valence-corrected chi connectivity index (χ4v) is 1.70. The zero-order chi connectivity index (χ0) is 15.2. The van der Waals surface area contributed by atoms with Crippen molar-refractivity contribution in [2.45, 2.75) is 6.92 Å². The van der Waals surface area contributed by atoms with E-state index in [1.54, 1.807) is 0 Å². The van der Waals surface area contributed by atoms with Gasteiger partial charge in [-0.15, -0.1) is 0 Å². The maximum Gasteiger partial charge on any atom is 0.276 e. The summed E-state index contributed by atoms with van der Waals surface area (Å²) >= 11 is 0. The van der Waals surface area contributed by atoms with Gasteiger partial charge in [0.1, 0.15) is 23.1 Å². The van der Waals surface area contributed by atoms with Crippen LogP contribution < -0.4 is 15.4 Å². The summed E-state index contributed by atoms with van der Waals surface area (Å²) in [6, 6.07) is 3.85. The highest BCUT2D eigenvalue weighted by Crippen LogP contribution is 2.25. The smallest absolute Gasteiger partial charge is 0.276 e. The summed E-state index contributed by atoms with van der Waals surface area (Å²) in [6.45, 7) is 2.59. The van der Waals surface area contributed by atoms with Crippen molar-refractivity contribution in [3.63, 3.8) is 0 Å². The van der Waals surface area contributed by atoms with E-state index in [4.69, 9.17) is 4.74 Å². The molecule has 7 heteroatoms. The summed E-state index contributed by atoms with van der Waals surface area (Å²) in [7, 11) is 1.40. The molecule has 0 unspecified atom stereocenters. The van der Waals surface area contributed by atoms with Crippen molar-refractivity contribution >= 4 is 17.4 Å². The van der Waals surface area contributed by atoms with Crippen LogP contribution in [0.1, 0.15) is 17.4 Å². The van der Waals surface area contributed by atoms with Crippen LogP contribution in [0.5, 0.6) is 5.75 Å². The van der Waals surface area contributed by atoms with Crippen LogP contribution in [0.15, 0.2) is 30.6 Å².